The van der Waals surface area contributed by atoms with Crippen LogP contribution < -0.4 is 10.6 Å². The van der Waals surface area contributed by atoms with E-state index in [-0.39, 0.29) is 29.8 Å². The van der Waals surface area contributed by atoms with E-state index >= 15 is 0 Å². The molecule has 2 rings (SSSR count). The normalized spacial score (nSPS) is 32.9. The minimum Gasteiger partial charge on any atom is -0.368 e. The molecule has 2 N–H and O–H groups in total. The van der Waals surface area contributed by atoms with E-state index in [0.717, 1.165) is 39.1 Å². The predicted octanol–water partition coefficient (Wildman–Crippen LogP) is 1.09. The first kappa shape index (κ1) is 14.7. The van der Waals surface area contributed by atoms with Gasteiger partial charge in [-0.05, 0) is 37.6 Å². The molecule has 0 aromatic carbocycles. The molecular weight excluding hydrogens is 240 g/mol. The summed E-state index contributed by atoms with van der Waals surface area (Å²) < 4.78 is 5.36. The van der Waals surface area contributed by atoms with Crippen LogP contribution >= 0.6 is 12.4 Å². The third-order valence-corrected chi connectivity index (χ3v) is 3.60. The highest BCUT2D eigenvalue weighted by molar-refractivity contribution is 5.85. The fraction of sp³-hybridized carbons (Fsp3) is 0.917. The molecule has 2 saturated heterocycles. The van der Waals surface area contributed by atoms with Crippen molar-refractivity contribution < 1.29 is 9.53 Å². The number of hydrogen-bond acceptors (Lipinski definition) is 3. The van der Waals surface area contributed by atoms with E-state index in [1.807, 2.05) is 0 Å². The summed E-state index contributed by atoms with van der Waals surface area (Å²) in [5, 5.41) is 6.42. The van der Waals surface area contributed by atoms with Gasteiger partial charge in [0.05, 0.1) is 0 Å². The summed E-state index contributed by atoms with van der Waals surface area (Å²) in [6, 6.07) is 0. The molecule has 17 heavy (non-hydrogen) atoms. The Morgan fingerprint density at radius 2 is 2.35 bits per heavy atom. The lowest BCUT2D eigenvalue weighted by molar-refractivity contribution is -0.130. The summed E-state index contributed by atoms with van der Waals surface area (Å²) in [6.07, 6.45) is 4.08. The van der Waals surface area contributed by atoms with Crippen LogP contribution in [-0.4, -0.2) is 38.3 Å². The van der Waals surface area contributed by atoms with Gasteiger partial charge in [0.2, 0.25) is 5.91 Å². The zero-order chi connectivity index (χ0) is 11.4. The molecule has 4 nitrogen and oxygen atoms in total. The van der Waals surface area contributed by atoms with Crippen LogP contribution in [0.15, 0.2) is 0 Å². The van der Waals surface area contributed by atoms with Crippen LogP contribution in [0.4, 0.5) is 0 Å². The van der Waals surface area contributed by atoms with Gasteiger partial charge >= 0.3 is 0 Å². The number of amides is 1. The number of carbonyl (C=O) groups excluding carboxylic acids is 1. The monoisotopic (exact) mass is 262 g/mol. The average molecular weight is 263 g/mol. The van der Waals surface area contributed by atoms with E-state index in [1.54, 1.807) is 0 Å². The summed E-state index contributed by atoms with van der Waals surface area (Å²) in [7, 11) is 0. The van der Waals surface area contributed by atoms with Crippen molar-refractivity contribution in [1.29, 1.82) is 0 Å². The maximum atomic E-state index is 11.8. The second-order valence-corrected chi connectivity index (χ2v) is 5.31. The van der Waals surface area contributed by atoms with Crippen LogP contribution in [0.3, 0.4) is 0 Å². The molecule has 2 fully saturated rings. The third kappa shape index (κ3) is 4.12. The van der Waals surface area contributed by atoms with Gasteiger partial charge in [-0.2, -0.15) is 0 Å². The fourth-order valence-electron chi connectivity index (χ4n) is 2.47. The topological polar surface area (TPSA) is 50.4 Å². The number of ether oxygens (including phenoxy) is 1. The molecule has 0 aromatic heterocycles. The summed E-state index contributed by atoms with van der Waals surface area (Å²) >= 11 is 0. The Hall–Kier alpha value is -0.320. The number of hydrogen-bond donors (Lipinski definition) is 2. The Balaban J connectivity index is 0.00000144. The van der Waals surface area contributed by atoms with Crippen LogP contribution in [0.2, 0.25) is 0 Å². The summed E-state index contributed by atoms with van der Waals surface area (Å²) in [4.78, 5) is 11.8. The lowest BCUT2D eigenvalue weighted by Gasteiger charge is -2.34. The Kier molecular flexibility index (Phi) is 5.70. The second-order valence-electron chi connectivity index (χ2n) is 5.31. The Morgan fingerprint density at radius 1 is 1.53 bits per heavy atom. The lowest BCUT2D eigenvalue weighted by atomic mass is 9.83. The molecule has 1 amide bonds. The van der Waals surface area contributed by atoms with E-state index < -0.39 is 0 Å². The van der Waals surface area contributed by atoms with Gasteiger partial charge in [0.15, 0.2) is 0 Å². The Bertz CT molecular complexity index is 249. The largest absolute Gasteiger partial charge is 0.368 e. The molecule has 5 heteroatoms. The summed E-state index contributed by atoms with van der Waals surface area (Å²) in [5.41, 5.74) is 0.215. The van der Waals surface area contributed by atoms with E-state index in [0.29, 0.717) is 0 Å². The molecular formula is C12H23ClN2O2. The molecule has 2 aliphatic rings. The smallest absolute Gasteiger partial charge is 0.249 e. The van der Waals surface area contributed by atoms with Gasteiger partial charge < -0.3 is 15.4 Å². The van der Waals surface area contributed by atoms with E-state index in [2.05, 4.69) is 17.6 Å². The minimum absolute atomic E-state index is 0. The van der Waals surface area contributed by atoms with E-state index in [9.17, 15) is 4.79 Å². The maximum Gasteiger partial charge on any atom is 0.249 e. The van der Waals surface area contributed by atoms with E-state index in [1.165, 1.54) is 12.8 Å². The molecule has 0 bridgehead atoms. The van der Waals surface area contributed by atoms with Gasteiger partial charge in [-0.3, -0.25) is 4.79 Å². The third-order valence-electron chi connectivity index (χ3n) is 3.60. The van der Waals surface area contributed by atoms with Crippen molar-refractivity contribution in [2.45, 2.75) is 38.7 Å². The van der Waals surface area contributed by atoms with E-state index in [4.69, 9.17) is 4.74 Å². The standard InChI is InChI=1S/C12H22N2O2.ClH/c1-12(5-3-6-13-8-12)9-14-11(15)10-4-2-7-16-10;/h10,13H,2-9H2,1H3,(H,14,15);1H/t10-,12?;/m0./s1. The van der Waals surface area contributed by atoms with Gasteiger partial charge in [-0.1, -0.05) is 6.92 Å². The van der Waals surface area contributed by atoms with Crippen LogP contribution in [0.5, 0.6) is 0 Å². The number of piperidine rings is 1. The number of halogens is 1. The molecule has 0 aliphatic carbocycles. The molecule has 0 radical (unpaired) electrons. The zero-order valence-corrected chi connectivity index (χ0v) is 11.3. The molecule has 0 spiro atoms. The quantitative estimate of drug-likeness (QED) is 0.801. The molecule has 2 heterocycles. The molecule has 100 valence electrons. The maximum absolute atomic E-state index is 11.8. The fourth-order valence-corrected chi connectivity index (χ4v) is 2.47. The highest BCUT2D eigenvalue weighted by Gasteiger charge is 2.29. The SMILES string of the molecule is CC1(CNC(=O)[C@@H]2CCCO2)CCCNC1.Cl. The van der Waals surface area contributed by atoms with Crippen LogP contribution in [-0.2, 0) is 9.53 Å². The van der Waals surface area contributed by atoms with Gasteiger partial charge in [0, 0.05) is 19.7 Å². The van der Waals surface area contributed by atoms with Gasteiger partial charge in [-0.25, -0.2) is 0 Å². The van der Waals surface area contributed by atoms with Crippen LogP contribution in [0, 0.1) is 5.41 Å². The Labute approximate surface area is 109 Å². The summed E-state index contributed by atoms with van der Waals surface area (Å²) in [5.74, 6) is 0.0734. The zero-order valence-electron chi connectivity index (χ0n) is 10.5. The van der Waals surface area contributed by atoms with Crippen molar-refractivity contribution >= 4 is 18.3 Å². The van der Waals surface area contributed by atoms with Crippen LogP contribution in [0.1, 0.15) is 32.6 Å². The van der Waals surface area contributed by atoms with Crippen molar-refractivity contribution in [3.63, 3.8) is 0 Å². The highest BCUT2D eigenvalue weighted by atomic mass is 35.5. The van der Waals surface area contributed by atoms with Gasteiger partial charge in [0.1, 0.15) is 6.10 Å². The first-order valence-electron chi connectivity index (χ1n) is 6.30. The first-order chi connectivity index (χ1) is 7.70. The molecule has 1 unspecified atom stereocenters. The minimum atomic E-state index is -0.194. The second kappa shape index (κ2) is 6.57. The van der Waals surface area contributed by atoms with Gasteiger partial charge in [0.25, 0.3) is 0 Å². The predicted molar refractivity (Wildman–Crippen MR) is 69.4 cm³/mol. The number of rotatable bonds is 3. The van der Waals surface area contributed by atoms with Crippen molar-refractivity contribution in [3.8, 4) is 0 Å². The highest BCUT2D eigenvalue weighted by Crippen LogP contribution is 2.24. The van der Waals surface area contributed by atoms with Crippen LogP contribution in [0.25, 0.3) is 0 Å². The average Bonchev–Trinajstić information content (AvgIpc) is 2.80. The van der Waals surface area contributed by atoms with Crippen molar-refractivity contribution in [2.75, 3.05) is 26.2 Å². The first-order valence-corrected chi connectivity index (χ1v) is 6.30. The number of nitrogens with one attached hydrogen (secondary N) is 2. The molecule has 0 saturated carbocycles. The van der Waals surface area contributed by atoms with Crippen molar-refractivity contribution in [1.82, 2.24) is 10.6 Å². The van der Waals surface area contributed by atoms with Crippen molar-refractivity contribution in [3.05, 3.63) is 0 Å². The van der Waals surface area contributed by atoms with Gasteiger partial charge in [-0.15, -0.1) is 12.4 Å². The molecule has 2 atom stereocenters. The van der Waals surface area contributed by atoms with Crippen molar-refractivity contribution in [2.24, 2.45) is 5.41 Å². The number of carbonyl (C=O) groups is 1. The molecule has 2 aliphatic heterocycles. The Morgan fingerprint density at radius 3 is 2.94 bits per heavy atom. The molecule has 0 aromatic rings. The summed E-state index contributed by atoms with van der Waals surface area (Å²) in [6.45, 7) is 5.83. The lowest BCUT2D eigenvalue weighted by Crippen LogP contribution is -2.47.